The minimum absolute atomic E-state index is 0.381. The minimum atomic E-state index is -0.381. The second-order valence-corrected chi connectivity index (χ2v) is 8.89. The zero-order valence-electron chi connectivity index (χ0n) is 16.5. The SMILES string of the molecule is CCCSc1nnc2c(n1)OC(c1ccc(N(C)C)cc1)Nc1ccc(Br)cc1-2. The molecule has 1 N–H and O–H groups in total. The molecule has 1 aliphatic heterocycles. The Morgan fingerprint density at radius 2 is 1.93 bits per heavy atom. The van der Waals surface area contributed by atoms with Crippen molar-refractivity contribution in [3.63, 3.8) is 0 Å². The van der Waals surface area contributed by atoms with E-state index in [2.05, 4.69) is 72.5 Å². The van der Waals surface area contributed by atoms with Gasteiger partial charge in [0.1, 0.15) is 0 Å². The fraction of sp³-hybridized carbons (Fsp3) is 0.286. The molecule has 0 radical (unpaired) electrons. The summed E-state index contributed by atoms with van der Waals surface area (Å²) in [6.45, 7) is 2.13. The van der Waals surface area contributed by atoms with Gasteiger partial charge in [0, 0.05) is 46.8 Å². The van der Waals surface area contributed by atoms with E-state index in [0.29, 0.717) is 16.7 Å². The Kier molecular flexibility index (Phi) is 5.91. The predicted octanol–water partition coefficient (Wildman–Crippen LogP) is 5.37. The third kappa shape index (κ3) is 4.33. The number of hydrogen-bond acceptors (Lipinski definition) is 7. The van der Waals surface area contributed by atoms with Gasteiger partial charge in [0.25, 0.3) is 0 Å². The summed E-state index contributed by atoms with van der Waals surface area (Å²) >= 11 is 5.14. The van der Waals surface area contributed by atoms with Gasteiger partial charge in [-0.2, -0.15) is 4.98 Å². The molecule has 3 aromatic rings. The molecule has 6 nitrogen and oxygen atoms in total. The van der Waals surface area contributed by atoms with Crippen LogP contribution in [0, 0.1) is 0 Å². The second-order valence-electron chi connectivity index (χ2n) is 6.91. The molecule has 29 heavy (non-hydrogen) atoms. The van der Waals surface area contributed by atoms with Crippen LogP contribution in [-0.2, 0) is 0 Å². The molecule has 4 rings (SSSR count). The van der Waals surface area contributed by atoms with E-state index in [9.17, 15) is 0 Å². The average Bonchev–Trinajstić information content (AvgIpc) is 2.88. The van der Waals surface area contributed by atoms with E-state index in [1.54, 1.807) is 11.8 Å². The Balaban J connectivity index is 1.76. The van der Waals surface area contributed by atoms with E-state index >= 15 is 0 Å². The van der Waals surface area contributed by atoms with Crippen molar-refractivity contribution in [3.8, 4) is 17.1 Å². The summed E-state index contributed by atoms with van der Waals surface area (Å²) in [6.07, 6.45) is 0.664. The highest BCUT2D eigenvalue weighted by Crippen LogP contribution is 2.41. The van der Waals surface area contributed by atoms with Crippen molar-refractivity contribution >= 4 is 39.1 Å². The molecule has 1 aromatic heterocycles. The number of nitrogens with zero attached hydrogens (tertiary/aromatic N) is 4. The van der Waals surface area contributed by atoms with Crippen LogP contribution in [-0.4, -0.2) is 35.0 Å². The molecule has 0 amide bonds. The van der Waals surface area contributed by atoms with Crippen molar-refractivity contribution in [1.29, 1.82) is 0 Å². The van der Waals surface area contributed by atoms with Crippen molar-refractivity contribution < 1.29 is 4.74 Å². The second kappa shape index (κ2) is 8.59. The average molecular weight is 472 g/mol. The lowest BCUT2D eigenvalue weighted by Gasteiger charge is -2.20. The van der Waals surface area contributed by atoms with E-state index in [4.69, 9.17) is 4.74 Å². The largest absolute Gasteiger partial charge is 0.448 e. The van der Waals surface area contributed by atoms with Crippen molar-refractivity contribution in [2.75, 3.05) is 30.1 Å². The number of rotatable bonds is 5. The maximum atomic E-state index is 6.32. The van der Waals surface area contributed by atoms with Gasteiger partial charge < -0.3 is 15.0 Å². The van der Waals surface area contributed by atoms with E-state index in [1.807, 2.05) is 32.3 Å². The van der Waals surface area contributed by atoms with Gasteiger partial charge >= 0.3 is 0 Å². The molecule has 0 saturated carbocycles. The lowest BCUT2D eigenvalue weighted by atomic mass is 10.1. The smallest absolute Gasteiger partial charge is 0.247 e. The number of thioether (sulfide) groups is 1. The Bertz CT molecular complexity index is 1010. The minimum Gasteiger partial charge on any atom is -0.448 e. The summed E-state index contributed by atoms with van der Waals surface area (Å²) in [5, 5.41) is 12.9. The summed E-state index contributed by atoms with van der Waals surface area (Å²) in [5.41, 5.74) is 4.63. The number of nitrogens with one attached hydrogen (secondary N) is 1. The van der Waals surface area contributed by atoms with E-state index in [1.165, 1.54) is 0 Å². The first-order chi connectivity index (χ1) is 14.0. The first-order valence-electron chi connectivity index (χ1n) is 9.43. The fourth-order valence-corrected chi connectivity index (χ4v) is 4.02. The fourth-order valence-electron chi connectivity index (χ4n) is 3.02. The van der Waals surface area contributed by atoms with Gasteiger partial charge in [-0.1, -0.05) is 46.7 Å². The normalized spacial score (nSPS) is 14.8. The molecule has 2 aromatic carbocycles. The molecule has 0 saturated heterocycles. The van der Waals surface area contributed by atoms with Crippen molar-refractivity contribution in [1.82, 2.24) is 15.2 Å². The quantitative estimate of drug-likeness (QED) is 0.501. The van der Waals surface area contributed by atoms with Crippen molar-refractivity contribution in [2.24, 2.45) is 0 Å². The lowest BCUT2D eigenvalue weighted by Crippen LogP contribution is -2.17. The molecule has 8 heteroatoms. The molecular weight excluding hydrogens is 450 g/mol. The Hall–Kier alpha value is -2.32. The Morgan fingerprint density at radius 3 is 2.66 bits per heavy atom. The van der Waals surface area contributed by atoms with Gasteiger partial charge in [-0.3, -0.25) is 0 Å². The van der Waals surface area contributed by atoms with Crippen LogP contribution in [0.25, 0.3) is 11.3 Å². The summed E-state index contributed by atoms with van der Waals surface area (Å²) in [5.74, 6) is 1.43. The Labute approximate surface area is 183 Å². The summed E-state index contributed by atoms with van der Waals surface area (Å²) in [7, 11) is 4.05. The van der Waals surface area contributed by atoms with Crippen LogP contribution in [0.15, 0.2) is 52.1 Å². The first kappa shape index (κ1) is 20.0. The van der Waals surface area contributed by atoms with Crippen LogP contribution in [0.1, 0.15) is 25.1 Å². The highest BCUT2D eigenvalue weighted by Gasteiger charge is 2.26. The van der Waals surface area contributed by atoms with Crippen LogP contribution in [0.5, 0.6) is 5.88 Å². The first-order valence-corrected chi connectivity index (χ1v) is 11.2. The topological polar surface area (TPSA) is 63.2 Å². The third-order valence-corrected chi connectivity index (χ3v) is 6.07. The van der Waals surface area contributed by atoms with Crippen molar-refractivity contribution in [3.05, 3.63) is 52.5 Å². The standard InChI is InChI=1S/C21H22BrN5OS/c1-4-11-29-21-24-20-18(25-26-21)16-12-14(22)7-10-17(16)23-19(28-20)13-5-8-15(9-6-13)27(2)3/h5-10,12,19,23H,4,11H2,1-3H3. The van der Waals surface area contributed by atoms with Crippen LogP contribution < -0.4 is 15.0 Å². The summed E-state index contributed by atoms with van der Waals surface area (Å²) in [6, 6.07) is 14.3. The van der Waals surface area contributed by atoms with Gasteiger partial charge in [0.2, 0.25) is 11.0 Å². The number of fused-ring (bicyclic) bond motifs is 3. The summed E-state index contributed by atoms with van der Waals surface area (Å²) in [4.78, 5) is 6.74. The molecule has 2 heterocycles. The molecule has 1 aliphatic rings. The van der Waals surface area contributed by atoms with E-state index < -0.39 is 0 Å². The molecule has 0 spiro atoms. The molecular formula is C21H22BrN5OS. The summed E-state index contributed by atoms with van der Waals surface area (Å²) < 4.78 is 7.28. The van der Waals surface area contributed by atoms with Crippen LogP contribution >= 0.6 is 27.7 Å². The van der Waals surface area contributed by atoms with Gasteiger partial charge in [-0.05, 0) is 36.8 Å². The predicted molar refractivity (Wildman–Crippen MR) is 122 cm³/mol. The number of hydrogen-bond donors (Lipinski definition) is 1. The lowest BCUT2D eigenvalue weighted by molar-refractivity contribution is 0.225. The van der Waals surface area contributed by atoms with Crippen molar-refractivity contribution in [2.45, 2.75) is 24.7 Å². The molecule has 1 atom stereocenters. The maximum Gasteiger partial charge on any atom is 0.247 e. The number of anilines is 2. The molecule has 0 aliphatic carbocycles. The maximum absolute atomic E-state index is 6.32. The number of aromatic nitrogens is 3. The molecule has 0 fully saturated rings. The van der Waals surface area contributed by atoms with Crippen LogP contribution in [0.3, 0.4) is 0 Å². The molecule has 150 valence electrons. The monoisotopic (exact) mass is 471 g/mol. The number of halogens is 1. The number of benzene rings is 2. The van der Waals surface area contributed by atoms with Crippen LogP contribution in [0.4, 0.5) is 11.4 Å². The zero-order valence-corrected chi connectivity index (χ0v) is 18.9. The van der Waals surface area contributed by atoms with E-state index in [-0.39, 0.29) is 6.23 Å². The van der Waals surface area contributed by atoms with E-state index in [0.717, 1.165) is 39.1 Å². The Morgan fingerprint density at radius 1 is 1.14 bits per heavy atom. The molecule has 1 unspecified atom stereocenters. The molecule has 0 bridgehead atoms. The third-order valence-electron chi connectivity index (χ3n) is 4.54. The van der Waals surface area contributed by atoms with Gasteiger partial charge in [-0.25, -0.2) is 0 Å². The van der Waals surface area contributed by atoms with Gasteiger partial charge in [0.15, 0.2) is 11.9 Å². The van der Waals surface area contributed by atoms with Gasteiger partial charge in [0.05, 0.1) is 0 Å². The van der Waals surface area contributed by atoms with Gasteiger partial charge in [-0.15, -0.1) is 10.2 Å². The number of ether oxygens (including phenoxy) is 1. The zero-order chi connectivity index (χ0) is 20.4. The van der Waals surface area contributed by atoms with Crippen LogP contribution in [0.2, 0.25) is 0 Å². The highest BCUT2D eigenvalue weighted by atomic mass is 79.9. The highest BCUT2D eigenvalue weighted by molar-refractivity contribution is 9.10.